The highest BCUT2D eigenvalue weighted by Gasteiger charge is 2.36. The number of amidine groups is 1. The van der Waals surface area contributed by atoms with Gasteiger partial charge >= 0.3 is 5.97 Å². The van der Waals surface area contributed by atoms with Crippen molar-refractivity contribution in [3.05, 3.63) is 12.4 Å². The molecule has 0 spiro atoms. The first-order valence-corrected chi connectivity index (χ1v) is 14.7. The van der Waals surface area contributed by atoms with Crippen LogP contribution in [0.15, 0.2) is 17.4 Å². The van der Waals surface area contributed by atoms with Crippen LogP contribution in [0.5, 0.6) is 0 Å². The van der Waals surface area contributed by atoms with E-state index in [2.05, 4.69) is 11.9 Å². The van der Waals surface area contributed by atoms with Crippen LogP contribution >= 0.6 is 0 Å². The number of unbranched alkanes of at least 4 members (excludes halogenated alkanes) is 19. The van der Waals surface area contributed by atoms with E-state index in [0.29, 0.717) is 17.6 Å². The summed E-state index contributed by atoms with van der Waals surface area (Å²) in [5.74, 6) is 0.173. The molecule has 0 aromatic carbocycles. The topological polar surface area (TPSA) is 75.7 Å². The minimum Gasteiger partial charge on any atom is -0.477 e. The standard InChI is InChI=1S/C29H55N3O2/c1-2-3-4-5-6-7-8-9-10-11-12-13-14-15-16-17-18-19-20-21-22-28-31-24-26-32(28,25-23-30)27-29(33)34/h24,26H,2-23,25,27,30H2,1H3/p+1. The molecule has 5 heteroatoms. The lowest BCUT2D eigenvalue weighted by atomic mass is 10.0. The highest BCUT2D eigenvalue weighted by Crippen LogP contribution is 2.21. The summed E-state index contributed by atoms with van der Waals surface area (Å²) >= 11 is 0. The minimum atomic E-state index is -0.795. The summed E-state index contributed by atoms with van der Waals surface area (Å²) in [6, 6.07) is 0. The van der Waals surface area contributed by atoms with Gasteiger partial charge < -0.3 is 10.8 Å². The Bertz CT molecular complexity index is 562. The number of rotatable bonds is 25. The van der Waals surface area contributed by atoms with Gasteiger partial charge in [-0.3, -0.25) is 0 Å². The summed E-state index contributed by atoms with van der Waals surface area (Å²) in [6.07, 6.45) is 32.2. The molecule has 1 aliphatic heterocycles. The van der Waals surface area contributed by atoms with Crippen molar-refractivity contribution in [1.82, 2.24) is 0 Å². The van der Waals surface area contributed by atoms with Gasteiger partial charge in [-0.1, -0.05) is 129 Å². The Morgan fingerprint density at radius 2 is 1.18 bits per heavy atom. The second-order valence-electron chi connectivity index (χ2n) is 10.4. The molecule has 0 aliphatic carbocycles. The molecule has 0 fully saturated rings. The molecule has 0 aromatic rings. The fraction of sp³-hybridized carbons (Fsp3) is 0.862. The molecule has 0 saturated carbocycles. The first-order valence-electron chi connectivity index (χ1n) is 14.7. The second-order valence-corrected chi connectivity index (χ2v) is 10.4. The number of aliphatic carboxylic acids is 1. The lowest BCUT2D eigenvalue weighted by Gasteiger charge is -2.30. The Kier molecular flexibility index (Phi) is 19.1. The van der Waals surface area contributed by atoms with Gasteiger partial charge in [0.1, 0.15) is 12.7 Å². The van der Waals surface area contributed by atoms with Crippen LogP contribution in [0.1, 0.15) is 142 Å². The molecule has 1 aliphatic rings. The normalized spacial score (nSPS) is 17.4. The molecule has 1 unspecified atom stereocenters. The molecule has 34 heavy (non-hydrogen) atoms. The van der Waals surface area contributed by atoms with E-state index >= 15 is 0 Å². The Labute approximate surface area is 210 Å². The number of hydrogen-bond donors (Lipinski definition) is 2. The number of carbonyl (C=O) groups is 1. The van der Waals surface area contributed by atoms with E-state index in [1.54, 1.807) is 6.20 Å². The van der Waals surface area contributed by atoms with E-state index in [0.717, 1.165) is 18.7 Å². The zero-order valence-corrected chi connectivity index (χ0v) is 22.5. The van der Waals surface area contributed by atoms with Crippen LogP contribution in [0, 0.1) is 0 Å². The number of nitrogens with zero attached hydrogens (tertiary/aromatic N) is 2. The molecule has 0 radical (unpaired) electrons. The van der Waals surface area contributed by atoms with Gasteiger partial charge in [0.2, 0.25) is 5.84 Å². The van der Waals surface area contributed by atoms with Crippen LogP contribution in [-0.2, 0) is 4.79 Å². The maximum atomic E-state index is 11.3. The maximum Gasteiger partial charge on any atom is 0.360 e. The quantitative estimate of drug-likeness (QED) is 0.103. The highest BCUT2D eigenvalue weighted by molar-refractivity contribution is 5.81. The monoisotopic (exact) mass is 478 g/mol. The molecule has 1 heterocycles. The highest BCUT2D eigenvalue weighted by atomic mass is 16.4. The summed E-state index contributed by atoms with van der Waals surface area (Å²) in [5.41, 5.74) is 5.74. The first-order chi connectivity index (χ1) is 16.6. The lowest BCUT2D eigenvalue weighted by Crippen LogP contribution is -2.52. The molecular weight excluding hydrogens is 422 g/mol. The SMILES string of the molecule is CCCCCCCCCCCCCCCCCCCCCCC1=NC=C[N+]1(CCN)CC(=O)O. The Morgan fingerprint density at radius 3 is 1.56 bits per heavy atom. The van der Waals surface area contributed by atoms with Gasteiger partial charge in [-0.25, -0.2) is 14.3 Å². The molecule has 198 valence electrons. The third-order valence-corrected chi connectivity index (χ3v) is 7.29. The summed E-state index contributed by atoms with van der Waals surface area (Å²) in [4.78, 5) is 15.8. The Hall–Kier alpha value is -1.20. The first kappa shape index (κ1) is 30.8. The van der Waals surface area contributed by atoms with E-state index in [1.165, 1.54) is 122 Å². The molecule has 0 saturated heterocycles. The fourth-order valence-corrected chi connectivity index (χ4v) is 5.17. The molecule has 0 bridgehead atoms. The average Bonchev–Trinajstić information content (AvgIpc) is 3.19. The number of carboxylic acid groups (broad SMARTS) is 1. The van der Waals surface area contributed by atoms with Gasteiger partial charge in [0.15, 0.2) is 6.54 Å². The van der Waals surface area contributed by atoms with Gasteiger partial charge in [-0.05, 0) is 6.42 Å². The van der Waals surface area contributed by atoms with Gasteiger partial charge in [-0.15, -0.1) is 0 Å². The van der Waals surface area contributed by atoms with Crippen molar-refractivity contribution in [2.45, 2.75) is 142 Å². The van der Waals surface area contributed by atoms with Crippen LogP contribution in [0.25, 0.3) is 0 Å². The summed E-state index contributed by atoms with van der Waals surface area (Å²) in [7, 11) is 0. The van der Waals surface area contributed by atoms with Crippen LogP contribution < -0.4 is 5.73 Å². The zero-order valence-electron chi connectivity index (χ0n) is 22.5. The summed E-state index contributed by atoms with van der Waals surface area (Å²) in [6.45, 7) is 3.42. The molecule has 0 aromatic heterocycles. The molecule has 1 atom stereocenters. The van der Waals surface area contributed by atoms with Crippen molar-refractivity contribution in [2.24, 2.45) is 10.7 Å². The van der Waals surface area contributed by atoms with Crippen molar-refractivity contribution in [1.29, 1.82) is 0 Å². The Morgan fingerprint density at radius 1 is 0.765 bits per heavy atom. The average molecular weight is 479 g/mol. The number of carboxylic acids is 1. The minimum absolute atomic E-state index is 0.0473. The number of aliphatic imine (C=N–C) groups is 1. The number of quaternary nitrogens is 1. The van der Waals surface area contributed by atoms with Crippen molar-refractivity contribution in [2.75, 3.05) is 19.6 Å². The maximum absolute atomic E-state index is 11.3. The van der Waals surface area contributed by atoms with E-state index in [4.69, 9.17) is 5.73 Å². The lowest BCUT2D eigenvalue weighted by molar-refractivity contribution is -0.778. The van der Waals surface area contributed by atoms with Crippen LogP contribution in [-0.4, -0.2) is 41.0 Å². The molecule has 1 rings (SSSR count). The van der Waals surface area contributed by atoms with E-state index in [-0.39, 0.29) is 6.54 Å². The van der Waals surface area contributed by atoms with Crippen molar-refractivity contribution in [3.8, 4) is 0 Å². The van der Waals surface area contributed by atoms with Crippen LogP contribution in [0.3, 0.4) is 0 Å². The Balaban J connectivity index is 1.86. The van der Waals surface area contributed by atoms with E-state index in [9.17, 15) is 9.90 Å². The fourth-order valence-electron chi connectivity index (χ4n) is 5.17. The van der Waals surface area contributed by atoms with Gasteiger partial charge in [-0.2, -0.15) is 0 Å². The third-order valence-electron chi connectivity index (χ3n) is 7.29. The molecule has 3 N–H and O–H groups in total. The van der Waals surface area contributed by atoms with Crippen molar-refractivity contribution in [3.63, 3.8) is 0 Å². The summed E-state index contributed by atoms with van der Waals surface area (Å²) < 4.78 is 0.310. The van der Waals surface area contributed by atoms with Gasteiger partial charge in [0.05, 0.1) is 6.20 Å². The second kappa shape index (κ2) is 21.1. The number of hydrogen-bond acceptors (Lipinski definition) is 3. The van der Waals surface area contributed by atoms with E-state index in [1.807, 2.05) is 6.20 Å². The third kappa shape index (κ3) is 14.9. The smallest absolute Gasteiger partial charge is 0.360 e. The van der Waals surface area contributed by atoms with E-state index < -0.39 is 5.97 Å². The van der Waals surface area contributed by atoms with Crippen molar-refractivity contribution < 1.29 is 14.4 Å². The van der Waals surface area contributed by atoms with Crippen LogP contribution in [0.4, 0.5) is 0 Å². The van der Waals surface area contributed by atoms with Crippen molar-refractivity contribution >= 4 is 11.8 Å². The molecular formula is C29H56N3O2+. The van der Waals surface area contributed by atoms with Gasteiger partial charge in [0, 0.05) is 13.0 Å². The molecule has 0 amide bonds. The predicted octanol–water partition coefficient (Wildman–Crippen LogP) is 7.94. The zero-order chi connectivity index (χ0) is 24.7. The van der Waals surface area contributed by atoms with Crippen LogP contribution in [0.2, 0.25) is 0 Å². The summed E-state index contributed by atoms with van der Waals surface area (Å²) in [5, 5.41) is 9.28. The molecule has 5 nitrogen and oxygen atoms in total. The number of nitrogens with two attached hydrogens (primary N) is 1. The largest absolute Gasteiger partial charge is 0.477 e. The predicted molar refractivity (Wildman–Crippen MR) is 146 cm³/mol. The van der Waals surface area contributed by atoms with Gasteiger partial charge in [0.25, 0.3) is 0 Å².